The van der Waals surface area contributed by atoms with E-state index >= 15 is 0 Å². The van der Waals surface area contributed by atoms with Crippen LogP contribution in [-0.2, 0) is 0 Å². The summed E-state index contributed by atoms with van der Waals surface area (Å²) in [4.78, 5) is 5.13. The average Bonchev–Trinajstić information content (AvgIpc) is 2.41. The topological polar surface area (TPSA) is 70.5 Å². The third-order valence-corrected chi connectivity index (χ3v) is 3.57. The Morgan fingerprint density at radius 3 is 2.00 bits per heavy atom. The van der Waals surface area contributed by atoms with Crippen LogP contribution in [0.15, 0.2) is 0 Å². The van der Waals surface area contributed by atoms with Crippen molar-refractivity contribution in [1.29, 1.82) is 0 Å². The molecular weight excluding hydrogens is 226 g/mol. The van der Waals surface area contributed by atoms with Crippen LogP contribution in [0.25, 0.3) is 0 Å². The number of hydrogen-bond donors (Lipinski definition) is 3. The highest BCUT2D eigenvalue weighted by Gasteiger charge is 2.15. The predicted octanol–water partition coefficient (Wildman–Crippen LogP) is -0.719. The fourth-order valence-electron chi connectivity index (χ4n) is 2.36. The number of nitrogens with zero attached hydrogens (tertiary/aromatic N) is 2. The van der Waals surface area contributed by atoms with E-state index in [1.165, 1.54) is 52.0 Å². The summed E-state index contributed by atoms with van der Waals surface area (Å²) >= 11 is 0. The molecule has 1 aliphatic heterocycles. The van der Waals surface area contributed by atoms with E-state index in [-0.39, 0.29) is 0 Å². The van der Waals surface area contributed by atoms with Gasteiger partial charge in [0.05, 0.1) is 0 Å². The highest BCUT2D eigenvalue weighted by molar-refractivity contribution is 4.72. The zero-order valence-electron chi connectivity index (χ0n) is 11.7. The molecule has 18 heavy (non-hydrogen) atoms. The zero-order chi connectivity index (χ0) is 13.1. The predicted molar refractivity (Wildman–Crippen MR) is 77.7 cm³/mol. The van der Waals surface area contributed by atoms with Gasteiger partial charge >= 0.3 is 0 Å². The molecule has 0 unspecified atom stereocenters. The van der Waals surface area contributed by atoms with Crippen molar-refractivity contribution in [3.63, 3.8) is 0 Å². The lowest BCUT2D eigenvalue weighted by Gasteiger charge is -2.34. The van der Waals surface area contributed by atoms with E-state index in [2.05, 4.69) is 15.1 Å². The monoisotopic (exact) mass is 257 g/mol. The Hall–Kier alpha value is -0.200. The molecule has 1 heterocycles. The number of nitrogens with one attached hydrogen (secondary N) is 1. The SMILES string of the molecule is NCCCCCN1CCN(CCNCCN)CC1. The van der Waals surface area contributed by atoms with Crippen molar-refractivity contribution in [2.45, 2.75) is 19.3 Å². The number of unbranched alkanes of at least 4 members (excludes halogenated alkanes) is 2. The lowest BCUT2D eigenvalue weighted by atomic mass is 10.2. The van der Waals surface area contributed by atoms with Gasteiger partial charge in [0.1, 0.15) is 0 Å². The molecule has 0 bridgehead atoms. The van der Waals surface area contributed by atoms with Gasteiger partial charge < -0.3 is 21.7 Å². The molecule has 0 amide bonds. The first-order valence-corrected chi connectivity index (χ1v) is 7.42. The molecular formula is C13H31N5. The molecule has 0 radical (unpaired) electrons. The van der Waals surface area contributed by atoms with Gasteiger partial charge in [0.25, 0.3) is 0 Å². The maximum absolute atomic E-state index is 5.50. The van der Waals surface area contributed by atoms with E-state index in [0.717, 1.165) is 32.7 Å². The standard InChI is InChI=1S/C13H31N5/c14-4-2-1-3-8-17-10-12-18(13-11-17)9-7-16-6-5-15/h16H,1-15H2. The smallest absolute Gasteiger partial charge is 0.0110 e. The molecule has 1 saturated heterocycles. The summed E-state index contributed by atoms with van der Waals surface area (Å²) < 4.78 is 0. The lowest BCUT2D eigenvalue weighted by Crippen LogP contribution is -2.48. The van der Waals surface area contributed by atoms with Crippen LogP contribution in [0, 0.1) is 0 Å². The number of nitrogens with two attached hydrogens (primary N) is 2. The first kappa shape index (κ1) is 15.9. The van der Waals surface area contributed by atoms with Gasteiger partial charge in [-0.2, -0.15) is 0 Å². The van der Waals surface area contributed by atoms with E-state index < -0.39 is 0 Å². The Morgan fingerprint density at radius 1 is 0.722 bits per heavy atom. The Balaban J connectivity index is 1.95. The zero-order valence-corrected chi connectivity index (χ0v) is 11.7. The summed E-state index contributed by atoms with van der Waals surface area (Å²) in [7, 11) is 0. The van der Waals surface area contributed by atoms with Crippen LogP contribution in [0.5, 0.6) is 0 Å². The summed E-state index contributed by atoms with van der Waals surface area (Å²) in [6, 6.07) is 0. The molecule has 5 N–H and O–H groups in total. The first-order valence-electron chi connectivity index (χ1n) is 7.42. The van der Waals surface area contributed by atoms with Crippen molar-refractivity contribution in [2.24, 2.45) is 11.5 Å². The van der Waals surface area contributed by atoms with Crippen LogP contribution in [0.3, 0.4) is 0 Å². The van der Waals surface area contributed by atoms with E-state index in [4.69, 9.17) is 11.5 Å². The Kier molecular flexibility index (Phi) is 9.42. The number of hydrogen-bond acceptors (Lipinski definition) is 5. The number of piperazine rings is 1. The second kappa shape index (κ2) is 10.7. The normalized spacial score (nSPS) is 18.3. The summed E-state index contributed by atoms with van der Waals surface area (Å²) in [5.41, 5.74) is 10.9. The fourth-order valence-corrected chi connectivity index (χ4v) is 2.36. The molecule has 1 rings (SSSR count). The van der Waals surface area contributed by atoms with E-state index in [0.29, 0.717) is 0 Å². The highest BCUT2D eigenvalue weighted by Crippen LogP contribution is 2.03. The molecule has 108 valence electrons. The molecule has 5 nitrogen and oxygen atoms in total. The van der Waals surface area contributed by atoms with Gasteiger partial charge in [-0.25, -0.2) is 0 Å². The minimum Gasteiger partial charge on any atom is -0.330 e. The highest BCUT2D eigenvalue weighted by atomic mass is 15.3. The first-order chi connectivity index (χ1) is 8.86. The Bertz CT molecular complexity index is 160. The summed E-state index contributed by atoms with van der Waals surface area (Å²) in [5.74, 6) is 0. The van der Waals surface area contributed by atoms with Crippen LogP contribution in [0.4, 0.5) is 0 Å². The van der Waals surface area contributed by atoms with Gasteiger partial charge in [0.2, 0.25) is 0 Å². The van der Waals surface area contributed by atoms with Gasteiger partial charge in [0.15, 0.2) is 0 Å². The third kappa shape index (κ3) is 7.28. The van der Waals surface area contributed by atoms with Crippen molar-refractivity contribution in [2.75, 3.05) is 65.4 Å². The molecule has 0 spiro atoms. The van der Waals surface area contributed by atoms with Crippen molar-refractivity contribution in [3.8, 4) is 0 Å². The third-order valence-electron chi connectivity index (χ3n) is 3.57. The molecule has 0 aromatic carbocycles. The van der Waals surface area contributed by atoms with Gasteiger partial charge in [-0.05, 0) is 25.9 Å². The van der Waals surface area contributed by atoms with E-state index in [9.17, 15) is 0 Å². The molecule has 0 aromatic rings. The summed E-state index contributed by atoms with van der Waals surface area (Å²) in [6.45, 7) is 10.8. The second-order valence-electron chi connectivity index (χ2n) is 5.07. The molecule has 1 fully saturated rings. The summed E-state index contributed by atoms with van der Waals surface area (Å²) in [5, 5.41) is 3.35. The quantitative estimate of drug-likeness (QED) is 0.451. The van der Waals surface area contributed by atoms with Crippen LogP contribution in [0.2, 0.25) is 0 Å². The molecule has 0 atom stereocenters. The molecule has 5 heteroatoms. The van der Waals surface area contributed by atoms with Crippen molar-refractivity contribution < 1.29 is 0 Å². The van der Waals surface area contributed by atoms with Crippen molar-refractivity contribution >= 4 is 0 Å². The molecule has 0 saturated carbocycles. The minimum atomic E-state index is 0.733. The molecule has 0 aliphatic carbocycles. The van der Waals surface area contributed by atoms with E-state index in [1.54, 1.807) is 0 Å². The minimum absolute atomic E-state index is 0.733. The van der Waals surface area contributed by atoms with Crippen LogP contribution in [0.1, 0.15) is 19.3 Å². The maximum atomic E-state index is 5.50. The second-order valence-corrected chi connectivity index (χ2v) is 5.07. The van der Waals surface area contributed by atoms with Crippen molar-refractivity contribution in [1.82, 2.24) is 15.1 Å². The van der Waals surface area contributed by atoms with E-state index in [1.807, 2.05) is 0 Å². The lowest BCUT2D eigenvalue weighted by molar-refractivity contribution is 0.131. The fraction of sp³-hybridized carbons (Fsp3) is 1.00. The van der Waals surface area contributed by atoms with Crippen molar-refractivity contribution in [3.05, 3.63) is 0 Å². The van der Waals surface area contributed by atoms with Crippen LogP contribution < -0.4 is 16.8 Å². The van der Waals surface area contributed by atoms with Crippen LogP contribution >= 0.6 is 0 Å². The average molecular weight is 257 g/mol. The van der Waals surface area contributed by atoms with Crippen LogP contribution in [-0.4, -0.2) is 75.2 Å². The Morgan fingerprint density at radius 2 is 1.39 bits per heavy atom. The van der Waals surface area contributed by atoms with Gasteiger partial charge in [-0.1, -0.05) is 6.42 Å². The summed E-state index contributed by atoms with van der Waals surface area (Å²) in [6.07, 6.45) is 3.75. The molecule has 1 aliphatic rings. The maximum Gasteiger partial charge on any atom is 0.0110 e. The van der Waals surface area contributed by atoms with Gasteiger partial charge in [-0.15, -0.1) is 0 Å². The van der Waals surface area contributed by atoms with Gasteiger partial charge in [-0.3, -0.25) is 4.90 Å². The van der Waals surface area contributed by atoms with Gasteiger partial charge in [0, 0.05) is 52.4 Å². The number of rotatable bonds is 10. The largest absolute Gasteiger partial charge is 0.330 e. The molecule has 0 aromatic heterocycles. The Labute approximate surface area is 112 Å².